The first-order chi connectivity index (χ1) is 9.65. The van der Waals surface area contributed by atoms with Gasteiger partial charge in [0.05, 0.1) is 0 Å². The number of benzene rings is 2. The zero-order chi connectivity index (χ0) is 14.1. The lowest BCUT2D eigenvalue weighted by atomic mass is 9.96. The van der Waals surface area contributed by atoms with Crippen LogP contribution < -0.4 is 10.6 Å². The number of nitrogens with two attached hydrogens (primary N) is 1. The molecule has 3 rings (SSSR count). The largest absolute Gasteiger partial charge is 0.399 e. The summed E-state index contributed by atoms with van der Waals surface area (Å²) in [5.41, 5.74) is 10.7. The quantitative estimate of drug-likeness (QED) is 0.828. The summed E-state index contributed by atoms with van der Waals surface area (Å²) in [7, 11) is 0. The molecule has 2 aromatic carbocycles. The Labute approximate surface area is 128 Å². The molecule has 104 valence electrons. The van der Waals surface area contributed by atoms with E-state index in [0.717, 1.165) is 16.7 Å². The van der Waals surface area contributed by atoms with Crippen LogP contribution in [-0.4, -0.2) is 6.04 Å². The van der Waals surface area contributed by atoms with Gasteiger partial charge in [-0.05, 0) is 49.1 Å². The average Bonchev–Trinajstić information content (AvgIpc) is 2.44. The highest BCUT2D eigenvalue weighted by Gasteiger charge is 2.23. The molecule has 0 radical (unpaired) electrons. The lowest BCUT2D eigenvalue weighted by Gasteiger charge is -2.37. The average molecular weight is 331 g/mol. The SMILES string of the molecule is CC1CCc2ccccc2N1Cc1ccc(N)cc1Br. The van der Waals surface area contributed by atoms with Crippen molar-refractivity contribution in [1.82, 2.24) is 0 Å². The highest BCUT2D eigenvalue weighted by atomic mass is 79.9. The van der Waals surface area contributed by atoms with E-state index in [4.69, 9.17) is 5.73 Å². The van der Waals surface area contributed by atoms with E-state index >= 15 is 0 Å². The van der Waals surface area contributed by atoms with Gasteiger partial charge >= 0.3 is 0 Å². The third-order valence-corrected chi connectivity index (χ3v) is 4.82. The Morgan fingerprint density at radius 1 is 1.25 bits per heavy atom. The highest BCUT2D eigenvalue weighted by molar-refractivity contribution is 9.10. The van der Waals surface area contributed by atoms with Crippen LogP contribution in [0.1, 0.15) is 24.5 Å². The van der Waals surface area contributed by atoms with E-state index < -0.39 is 0 Å². The second-order valence-corrected chi connectivity index (χ2v) is 6.35. The molecule has 1 aliphatic heterocycles. The fourth-order valence-electron chi connectivity index (χ4n) is 2.88. The van der Waals surface area contributed by atoms with Crippen molar-refractivity contribution >= 4 is 27.3 Å². The van der Waals surface area contributed by atoms with Crippen LogP contribution in [0.2, 0.25) is 0 Å². The van der Waals surface area contributed by atoms with Gasteiger partial charge < -0.3 is 10.6 Å². The van der Waals surface area contributed by atoms with Crippen molar-refractivity contribution in [3.63, 3.8) is 0 Å². The first-order valence-corrected chi connectivity index (χ1v) is 7.83. The van der Waals surface area contributed by atoms with Crippen LogP contribution in [0.5, 0.6) is 0 Å². The minimum Gasteiger partial charge on any atom is -0.399 e. The summed E-state index contributed by atoms with van der Waals surface area (Å²) in [5.74, 6) is 0. The molecule has 2 aromatic rings. The van der Waals surface area contributed by atoms with Crippen molar-refractivity contribution in [2.45, 2.75) is 32.4 Å². The molecular formula is C17H19BrN2. The normalized spacial score (nSPS) is 17.9. The maximum atomic E-state index is 5.82. The van der Waals surface area contributed by atoms with Crippen molar-refractivity contribution in [2.24, 2.45) is 0 Å². The Morgan fingerprint density at radius 2 is 2.05 bits per heavy atom. The second kappa shape index (κ2) is 5.49. The predicted molar refractivity (Wildman–Crippen MR) is 89.0 cm³/mol. The van der Waals surface area contributed by atoms with Gasteiger partial charge in [-0.3, -0.25) is 0 Å². The minimum absolute atomic E-state index is 0.564. The Morgan fingerprint density at radius 3 is 2.85 bits per heavy atom. The number of hydrogen-bond donors (Lipinski definition) is 1. The molecule has 0 fully saturated rings. The second-order valence-electron chi connectivity index (χ2n) is 5.50. The van der Waals surface area contributed by atoms with Gasteiger partial charge in [0.25, 0.3) is 0 Å². The maximum Gasteiger partial charge on any atom is 0.0443 e. The number of nitrogen functional groups attached to an aromatic ring is 1. The lowest BCUT2D eigenvalue weighted by molar-refractivity contribution is 0.560. The van der Waals surface area contributed by atoms with Gasteiger partial charge in [-0.25, -0.2) is 0 Å². The molecule has 1 aliphatic rings. The summed E-state index contributed by atoms with van der Waals surface area (Å²) in [6.45, 7) is 3.22. The molecule has 2 N–H and O–H groups in total. The monoisotopic (exact) mass is 330 g/mol. The number of rotatable bonds is 2. The number of anilines is 2. The zero-order valence-corrected chi connectivity index (χ0v) is 13.2. The van der Waals surface area contributed by atoms with Gasteiger partial charge in [-0.2, -0.15) is 0 Å². The van der Waals surface area contributed by atoms with Gasteiger partial charge in [0.15, 0.2) is 0 Å². The number of aryl methyl sites for hydroxylation is 1. The summed E-state index contributed by atoms with van der Waals surface area (Å²) in [5, 5.41) is 0. The first kappa shape index (κ1) is 13.5. The number of fused-ring (bicyclic) bond motifs is 1. The molecule has 3 heteroatoms. The number of para-hydroxylation sites is 1. The van der Waals surface area contributed by atoms with E-state index in [2.05, 4.69) is 58.1 Å². The van der Waals surface area contributed by atoms with E-state index in [0.29, 0.717) is 6.04 Å². The van der Waals surface area contributed by atoms with Crippen LogP contribution in [-0.2, 0) is 13.0 Å². The molecule has 20 heavy (non-hydrogen) atoms. The van der Waals surface area contributed by atoms with Crippen LogP contribution in [0.15, 0.2) is 46.9 Å². The molecule has 0 saturated carbocycles. The van der Waals surface area contributed by atoms with E-state index in [9.17, 15) is 0 Å². The maximum absolute atomic E-state index is 5.82. The third kappa shape index (κ3) is 2.55. The minimum atomic E-state index is 0.564. The van der Waals surface area contributed by atoms with Crippen molar-refractivity contribution in [3.8, 4) is 0 Å². The molecular weight excluding hydrogens is 312 g/mol. The topological polar surface area (TPSA) is 29.3 Å². The van der Waals surface area contributed by atoms with E-state index in [1.165, 1.54) is 29.7 Å². The molecule has 1 atom stereocenters. The Balaban J connectivity index is 1.93. The third-order valence-electron chi connectivity index (χ3n) is 4.08. The van der Waals surface area contributed by atoms with E-state index in [1.807, 2.05) is 12.1 Å². The predicted octanol–water partition coefficient (Wildman–Crippen LogP) is 4.37. The van der Waals surface area contributed by atoms with Crippen LogP contribution >= 0.6 is 15.9 Å². The van der Waals surface area contributed by atoms with Gasteiger partial charge in [0.2, 0.25) is 0 Å². The number of nitrogens with zero attached hydrogens (tertiary/aromatic N) is 1. The summed E-state index contributed by atoms with van der Waals surface area (Å²) < 4.78 is 1.09. The summed E-state index contributed by atoms with van der Waals surface area (Å²) >= 11 is 3.63. The van der Waals surface area contributed by atoms with Crippen LogP contribution in [0.25, 0.3) is 0 Å². The molecule has 1 heterocycles. The molecule has 0 bridgehead atoms. The van der Waals surface area contributed by atoms with Crippen LogP contribution in [0.4, 0.5) is 11.4 Å². The highest BCUT2D eigenvalue weighted by Crippen LogP contribution is 2.33. The Hall–Kier alpha value is -1.48. The van der Waals surface area contributed by atoms with Gasteiger partial charge in [-0.15, -0.1) is 0 Å². The molecule has 2 nitrogen and oxygen atoms in total. The van der Waals surface area contributed by atoms with Crippen LogP contribution in [0.3, 0.4) is 0 Å². The van der Waals surface area contributed by atoms with Gasteiger partial charge in [0, 0.05) is 28.4 Å². The van der Waals surface area contributed by atoms with Crippen molar-refractivity contribution in [2.75, 3.05) is 10.6 Å². The summed E-state index contributed by atoms with van der Waals surface area (Å²) in [6.07, 6.45) is 2.39. The fourth-order valence-corrected chi connectivity index (χ4v) is 3.40. The van der Waals surface area contributed by atoms with Crippen molar-refractivity contribution in [1.29, 1.82) is 0 Å². The van der Waals surface area contributed by atoms with Gasteiger partial charge in [0.1, 0.15) is 0 Å². The van der Waals surface area contributed by atoms with Gasteiger partial charge in [-0.1, -0.05) is 40.2 Å². The van der Waals surface area contributed by atoms with E-state index in [-0.39, 0.29) is 0 Å². The molecule has 0 aliphatic carbocycles. The number of halogens is 1. The molecule has 1 unspecified atom stereocenters. The van der Waals surface area contributed by atoms with Crippen molar-refractivity contribution < 1.29 is 0 Å². The van der Waals surface area contributed by atoms with E-state index in [1.54, 1.807) is 0 Å². The van der Waals surface area contributed by atoms with Crippen LogP contribution in [0, 0.1) is 0 Å². The summed E-state index contributed by atoms with van der Waals surface area (Å²) in [6, 6.07) is 15.4. The first-order valence-electron chi connectivity index (χ1n) is 7.03. The molecule has 0 aromatic heterocycles. The summed E-state index contributed by atoms with van der Waals surface area (Å²) in [4.78, 5) is 2.50. The molecule has 0 amide bonds. The molecule has 0 spiro atoms. The fraction of sp³-hybridized carbons (Fsp3) is 0.294. The standard InChI is InChI=1S/C17H19BrN2/c1-12-6-7-13-4-2-3-5-17(13)20(12)11-14-8-9-15(19)10-16(14)18/h2-5,8-10,12H,6-7,11,19H2,1H3. The Kier molecular flexibility index (Phi) is 3.70. The van der Waals surface area contributed by atoms with Crippen molar-refractivity contribution in [3.05, 3.63) is 58.1 Å². The lowest BCUT2D eigenvalue weighted by Crippen LogP contribution is -2.36. The number of hydrogen-bond acceptors (Lipinski definition) is 2. The molecule has 0 saturated heterocycles. The Bertz CT molecular complexity index is 624. The smallest absolute Gasteiger partial charge is 0.0443 e. The zero-order valence-electron chi connectivity index (χ0n) is 11.6.